The second-order valence-corrected chi connectivity index (χ2v) is 8.52. The third kappa shape index (κ3) is 5.31. The Hall–Kier alpha value is -2.13. The molecule has 9 nitrogen and oxygen atoms in total. The van der Waals surface area contributed by atoms with E-state index in [-0.39, 0.29) is 0 Å². The van der Waals surface area contributed by atoms with E-state index in [2.05, 4.69) is 35.1 Å². The van der Waals surface area contributed by atoms with Crippen LogP contribution in [-0.4, -0.2) is 109 Å². The summed E-state index contributed by atoms with van der Waals surface area (Å²) < 4.78 is 4.92. The Balaban J connectivity index is 1.12. The summed E-state index contributed by atoms with van der Waals surface area (Å²) in [7, 11) is 1.86. The molecule has 3 aliphatic rings. The lowest BCUT2D eigenvalue weighted by atomic mass is 9.84. The van der Waals surface area contributed by atoms with Gasteiger partial charge >= 0.3 is 0 Å². The van der Waals surface area contributed by atoms with Gasteiger partial charge in [-0.3, -0.25) is 19.6 Å². The highest BCUT2D eigenvalue weighted by Gasteiger charge is 2.31. The lowest BCUT2D eigenvalue weighted by Gasteiger charge is -2.38. The molecule has 0 bridgehead atoms. The number of rotatable bonds is 6. The minimum absolute atomic E-state index is 0.318. The van der Waals surface area contributed by atoms with Crippen LogP contribution >= 0.6 is 0 Å². The number of piperazine rings is 2. The van der Waals surface area contributed by atoms with Gasteiger partial charge in [-0.25, -0.2) is 0 Å². The Labute approximate surface area is 179 Å². The standard InChI is InChI=1S/C21H35N7O2/c1-22-21(28-14-10-26(11-15-28)17-19-5-16-30-24-19)23-6-7-25-8-12-27(13-9-25)20(29)18-3-2-4-18/h5,16,18H,2-4,6-15,17H2,1H3,(H,22,23). The summed E-state index contributed by atoms with van der Waals surface area (Å²) >= 11 is 0. The van der Waals surface area contributed by atoms with Crippen LogP contribution in [0.25, 0.3) is 0 Å². The van der Waals surface area contributed by atoms with Gasteiger partial charge in [-0.2, -0.15) is 0 Å². The number of aromatic nitrogens is 1. The second-order valence-electron chi connectivity index (χ2n) is 8.52. The number of guanidine groups is 1. The Morgan fingerprint density at radius 2 is 1.80 bits per heavy atom. The average Bonchev–Trinajstić information content (AvgIpc) is 3.24. The highest BCUT2D eigenvalue weighted by atomic mass is 16.5. The van der Waals surface area contributed by atoms with Crippen LogP contribution in [0.1, 0.15) is 25.0 Å². The number of nitrogens with one attached hydrogen (secondary N) is 1. The summed E-state index contributed by atoms with van der Waals surface area (Å²) in [4.78, 5) is 26.1. The number of carbonyl (C=O) groups is 1. The van der Waals surface area contributed by atoms with Crippen molar-refractivity contribution in [2.75, 3.05) is 72.5 Å². The molecule has 4 rings (SSSR count). The minimum atomic E-state index is 0.318. The van der Waals surface area contributed by atoms with Gasteiger partial charge in [0.15, 0.2) is 5.96 Å². The fourth-order valence-electron chi connectivity index (χ4n) is 4.43. The molecule has 1 N–H and O–H groups in total. The molecule has 30 heavy (non-hydrogen) atoms. The third-order valence-electron chi connectivity index (χ3n) is 6.61. The number of nitrogens with zero attached hydrogens (tertiary/aromatic N) is 6. The summed E-state index contributed by atoms with van der Waals surface area (Å²) in [6.45, 7) is 10.3. The van der Waals surface area contributed by atoms with Gasteiger partial charge in [-0.15, -0.1) is 0 Å². The molecule has 0 aromatic carbocycles. The Bertz CT molecular complexity index is 688. The summed E-state index contributed by atoms with van der Waals surface area (Å²) in [5.41, 5.74) is 0.987. The van der Waals surface area contributed by atoms with Crippen molar-refractivity contribution in [3.05, 3.63) is 18.0 Å². The SMILES string of the molecule is CN=C(NCCN1CCN(C(=O)C2CCC2)CC1)N1CCN(Cc2ccon2)CC1. The lowest BCUT2D eigenvalue weighted by molar-refractivity contribution is -0.139. The molecule has 166 valence electrons. The van der Waals surface area contributed by atoms with Gasteiger partial charge < -0.3 is 19.6 Å². The highest BCUT2D eigenvalue weighted by molar-refractivity contribution is 5.80. The molecule has 2 saturated heterocycles. The van der Waals surface area contributed by atoms with E-state index in [0.29, 0.717) is 11.8 Å². The summed E-state index contributed by atoms with van der Waals surface area (Å²) in [5.74, 6) is 1.69. The molecule has 3 heterocycles. The molecule has 0 spiro atoms. The maximum absolute atomic E-state index is 12.4. The first-order chi connectivity index (χ1) is 14.7. The summed E-state index contributed by atoms with van der Waals surface area (Å²) in [5, 5.41) is 7.53. The van der Waals surface area contributed by atoms with E-state index in [1.807, 2.05) is 13.1 Å². The van der Waals surface area contributed by atoms with Crippen LogP contribution in [-0.2, 0) is 11.3 Å². The van der Waals surface area contributed by atoms with Crippen molar-refractivity contribution in [3.8, 4) is 0 Å². The van der Waals surface area contributed by atoms with Crippen LogP contribution in [0.15, 0.2) is 21.8 Å². The fourth-order valence-corrected chi connectivity index (χ4v) is 4.43. The van der Waals surface area contributed by atoms with E-state index in [1.165, 1.54) is 6.42 Å². The molecule has 1 saturated carbocycles. The Morgan fingerprint density at radius 3 is 2.40 bits per heavy atom. The van der Waals surface area contributed by atoms with Gasteiger partial charge in [-0.05, 0) is 12.8 Å². The van der Waals surface area contributed by atoms with E-state index in [4.69, 9.17) is 4.52 Å². The molecule has 3 fully saturated rings. The van der Waals surface area contributed by atoms with Crippen molar-refractivity contribution >= 4 is 11.9 Å². The second kappa shape index (κ2) is 10.3. The molecular weight excluding hydrogens is 382 g/mol. The molecule has 1 aromatic rings. The zero-order valence-electron chi connectivity index (χ0n) is 18.1. The number of hydrogen-bond donors (Lipinski definition) is 1. The number of amides is 1. The first-order valence-corrected chi connectivity index (χ1v) is 11.3. The van der Waals surface area contributed by atoms with E-state index < -0.39 is 0 Å². The summed E-state index contributed by atoms with van der Waals surface area (Å²) in [6.07, 6.45) is 5.04. The monoisotopic (exact) mass is 417 g/mol. The van der Waals surface area contributed by atoms with Crippen molar-refractivity contribution in [2.45, 2.75) is 25.8 Å². The topological polar surface area (TPSA) is 80.5 Å². The van der Waals surface area contributed by atoms with Crippen molar-refractivity contribution in [1.82, 2.24) is 30.1 Å². The summed E-state index contributed by atoms with van der Waals surface area (Å²) in [6, 6.07) is 1.93. The van der Waals surface area contributed by atoms with E-state index >= 15 is 0 Å². The number of hydrogen-bond acceptors (Lipinski definition) is 6. The molecule has 0 unspecified atom stereocenters. The molecule has 1 amide bonds. The first-order valence-electron chi connectivity index (χ1n) is 11.3. The van der Waals surface area contributed by atoms with Gasteiger partial charge in [0.05, 0.1) is 5.69 Å². The third-order valence-corrected chi connectivity index (χ3v) is 6.61. The molecule has 0 atom stereocenters. The van der Waals surface area contributed by atoms with Crippen LogP contribution in [0.5, 0.6) is 0 Å². The number of carbonyl (C=O) groups excluding carboxylic acids is 1. The zero-order valence-corrected chi connectivity index (χ0v) is 18.1. The largest absolute Gasteiger partial charge is 0.364 e. The van der Waals surface area contributed by atoms with Crippen LogP contribution in [0.3, 0.4) is 0 Å². The molecular formula is C21H35N7O2. The number of aliphatic imine (C=N–C) groups is 1. The van der Waals surface area contributed by atoms with Crippen LogP contribution in [0.4, 0.5) is 0 Å². The fraction of sp³-hybridized carbons (Fsp3) is 0.762. The van der Waals surface area contributed by atoms with Crippen LogP contribution < -0.4 is 5.32 Å². The lowest BCUT2D eigenvalue weighted by Crippen LogP contribution is -2.54. The molecule has 1 aliphatic carbocycles. The van der Waals surface area contributed by atoms with E-state index in [0.717, 1.165) is 96.5 Å². The van der Waals surface area contributed by atoms with Crippen molar-refractivity contribution in [2.24, 2.45) is 10.9 Å². The van der Waals surface area contributed by atoms with Crippen LogP contribution in [0.2, 0.25) is 0 Å². The Kier molecular flexibility index (Phi) is 7.22. The Morgan fingerprint density at radius 1 is 1.10 bits per heavy atom. The maximum Gasteiger partial charge on any atom is 0.225 e. The quantitative estimate of drug-likeness (QED) is 0.527. The van der Waals surface area contributed by atoms with Gasteiger partial charge in [0.25, 0.3) is 0 Å². The van der Waals surface area contributed by atoms with Crippen molar-refractivity contribution in [3.63, 3.8) is 0 Å². The van der Waals surface area contributed by atoms with Gasteiger partial charge in [0.1, 0.15) is 6.26 Å². The van der Waals surface area contributed by atoms with Crippen molar-refractivity contribution < 1.29 is 9.32 Å². The van der Waals surface area contributed by atoms with Gasteiger partial charge in [0.2, 0.25) is 5.91 Å². The molecule has 1 aromatic heterocycles. The molecule has 0 radical (unpaired) electrons. The highest BCUT2D eigenvalue weighted by Crippen LogP contribution is 2.28. The normalized spacial score (nSPS) is 22.2. The van der Waals surface area contributed by atoms with Crippen molar-refractivity contribution in [1.29, 1.82) is 0 Å². The molecule has 2 aliphatic heterocycles. The first kappa shape index (κ1) is 21.1. The predicted molar refractivity (Wildman–Crippen MR) is 115 cm³/mol. The molecule has 9 heteroatoms. The van der Waals surface area contributed by atoms with E-state index in [1.54, 1.807) is 6.26 Å². The predicted octanol–water partition coefficient (Wildman–Crippen LogP) is 0.312. The van der Waals surface area contributed by atoms with Gasteiger partial charge in [-0.1, -0.05) is 11.6 Å². The minimum Gasteiger partial charge on any atom is -0.364 e. The maximum atomic E-state index is 12.4. The van der Waals surface area contributed by atoms with E-state index in [9.17, 15) is 4.79 Å². The average molecular weight is 418 g/mol. The smallest absolute Gasteiger partial charge is 0.225 e. The van der Waals surface area contributed by atoms with Gasteiger partial charge in [0, 0.05) is 91.0 Å². The van der Waals surface area contributed by atoms with Crippen LogP contribution in [0, 0.1) is 5.92 Å². The zero-order chi connectivity index (χ0) is 20.8.